The molecule has 0 aromatic heterocycles. The standard InChI is InChI=1S/C15H19NO3/c17-7-4-11-3-6-16(10-11)15(18)13-1-2-14-12(9-13)5-8-19-14/h1-2,9,11,17H,3-8,10H2. The van der Waals surface area contributed by atoms with E-state index < -0.39 is 0 Å². The SMILES string of the molecule is O=C(c1ccc2c(c1)CCO2)N1CCC(CCO)C1. The number of rotatable bonds is 3. The fourth-order valence-electron chi connectivity index (χ4n) is 2.94. The van der Waals surface area contributed by atoms with Crippen LogP contribution in [0.1, 0.15) is 28.8 Å². The van der Waals surface area contributed by atoms with Crippen LogP contribution in [-0.2, 0) is 6.42 Å². The topological polar surface area (TPSA) is 49.8 Å². The van der Waals surface area contributed by atoms with Gasteiger partial charge in [0.25, 0.3) is 5.91 Å². The predicted octanol–water partition coefficient (Wildman–Crippen LogP) is 1.47. The Morgan fingerprint density at radius 3 is 3.21 bits per heavy atom. The van der Waals surface area contributed by atoms with Crippen LogP contribution in [0.4, 0.5) is 0 Å². The van der Waals surface area contributed by atoms with Crippen molar-refractivity contribution < 1.29 is 14.6 Å². The van der Waals surface area contributed by atoms with Crippen LogP contribution >= 0.6 is 0 Å². The number of carbonyl (C=O) groups excluding carboxylic acids is 1. The summed E-state index contributed by atoms with van der Waals surface area (Å²) in [5.41, 5.74) is 1.89. The van der Waals surface area contributed by atoms with Crippen molar-refractivity contribution in [2.75, 3.05) is 26.3 Å². The summed E-state index contributed by atoms with van der Waals surface area (Å²) >= 11 is 0. The lowest BCUT2D eigenvalue weighted by molar-refractivity contribution is 0.0784. The Labute approximate surface area is 113 Å². The first-order valence-corrected chi connectivity index (χ1v) is 6.94. The highest BCUT2D eigenvalue weighted by Crippen LogP contribution is 2.27. The Hall–Kier alpha value is -1.55. The summed E-state index contributed by atoms with van der Waals surface area (Å²) in [5, 5.41) is 8.96. The van der Waals surface area contributed by atoms with Gasteiger partial charge in [-0.15, -0.1) is 0 Å². The van der Waals surface area contributed by atoms with Gasteiger partial charge in [-0.25, -0.2) is 0 Å². The quantitative estimate of drug-likeness (QED) is 0.896. The number of hydrogen-bond acceptors (Lipinski definition) is 3. The highest BCUT2D eigenvalue weighted by atomic mass is 16.5. The number of ether oxygens (including phenoxy) is 1. The Morgan fingerprint density at radius 1 is 1.47 bits per heavy atom. The second-order valence-electron chi connectivity index (χ2n) is 5.34. The molecular weight excluding hydrogens is 242 g/mol. The summed E-state index contributed by atoms with van der Waals surface area (Å²) in [6, 6.07) is 5.72. The normalized spacial score (nSPS) is 21.3. The number of fused-ring (bicyclic) bond motifs is 1. The highest BCUT2D eigenvalue weighted by molar-refractivity contribution is 5.94. The highest BCUT2D eigenvalue weighted by Gasteiger charge is 2.27. The first-order valence-electron chi connectivity index (χ1n) is 6.94. The van der Waals surface area contributed by atoms with Gasteiger partial charge in [-0.3, -0.25) is 4.79 Å². The maximum absolute atomic E-state index is 12.4. The molecule has 19 heavy (non-hydrogen) atoms. The molecule has 0 radical (unpaired) electrons. The molecule has 4 nitrogen and oxygen atoms in total. The van der Waals surface area contributed by atoms with Crippen LogP contribution in [-0.4, -0.2) is 42.2 Å². The molecule has 2 aliphatic rings. The Kier molecular flexibility index (Phi) is 3.42. The Balaban J connectivity index is 1.71. The smallest absolute Gasteiger partial charge is 0.253 e. The number of amides is 1. The average Bonchev–Trinajstić information content (AvgIpc) is 3.05. The van der Waals surface area contributed by atoms with Crippen LogP contribution in [0.25, 0.3) is 0 Å². The van der Waals surface area contributed by atoms with Gasteiger partial charge in [0.15, 0.2) is 0 Å². The van der Waals surface area contributed by atoms with Gasteiger partial charge < -0.3 is 14.7 Å². The molecule has 4 heteroatoms. The largest absolute Gasteiger partial charge is 0.493 e. The molecule has 2 heterocycles. The van der Waals surface area contributed by atoms with E-state index in [2.05, 4.69) is 0 Å². The van der Waals surface area contributed by atoms with Gasteiger partial charge in [0, 0.05) is 31.7 Å². The van der Waals surface area contributed by atoms with E-state index in [9.17, 15) is 4.79 Å². The molecule has 1 fully saturated rings. The van der Waals surface area contributed by atoms with E-state index in [1.54, 1.807) is 0 Å². The maximum Gasteiger partial charge on any atom is 0.253 e. The van der Waals surface area contributed by atoms with Gasteiger partial charge in [-0.05, 0) is 42.5 Å². The third-order valence-corrected chi connectivity index (χ3v) is 4.05. The molecule has 1 aromatic carbocycles. The lowest BCUT2D eigenvalue weighted by Crippen LogP contribution is -2.28. The minimum absolute atomic E-state index is 0.107. The van der Waals surface area contributed by atoms with Crippen molar-refractivity contribution in [2.45, 2.75) is 19.3 Å². The van der Waals surface area contributed by atoms with E-state index >= 15 is 0 Å². The predicted molar refractivity (Wildman–Crippen MR) is 71.4 cm³/mol. The van der Waals surface area contributed by atoms with Crippen LogP contribution in [0.2, 0.25) is 0 Å². The Bertz CT molecular complexity index is 486. The molecule has 1 atom stereocenters. The molecule has 0 saturated carbocycles. The third kappa shape index (κ3) is 2.45. The van der Waals surface area contributed by atoms with E-state index in [1.807, 2.05) is 23.1 Å². The molecule has 1 N–H and O–H groups in total. The number of likely N-dealkylation sites (tertiary alicyclic amines) is 1. The van der Waals surface area contributed by atoms with Gasteiger partial charge in [-0.1, -0.05) is 0 Å². The Morgan fingerprint density at radius 2 is 2.37 bits per heavy atom. The van der Waals surface area contributed by atoms with Gasteiger partial charge >= 0.3 is 0 Å². The molecule has 0 bridgehead atoms. The summed E-state index contributed by atoms with van der Waals surface area (Å²) in [7, 11) is 0. The van der Waals surface area contributed by atoms with Crippen molar-refractivity contribution in [1.82, 2.24) is 4.90 Å². The second kappa shape index (κ2) is 5.21. The number of aliphatic hydroxyl groups excluding tert-OH is 1. The number of benzene rings is 1. The number of nitrogens with zero attached hydrogens (tertiary/aromatic N) is 1. The second-order valence-corrected chi connectivity index (χ2v) is 5.34. The van der Waals surface area contributed by atoms with Crippen LogP contribution < -0.4 is 4.74 Å². The fraction of sp³-hybridized carbons (Fsp3) is 0.533. The van der Waals surface area contributed by atoms with Crippen LogP contribution in [0.15, 0.2) is 18.2 Å². The zero-order valence-corrected chi connectivity index (χ0v) is 11.0. The monoisotopic (exact) mass is 261 g/mol. The molecule has 3 rings (SSSR count). The maximum atomic E-state index is 12.4. The van der Waals surface area contributed by atoms with Gasteiger partial charge in [-0.2, -0.15) is 0 Å². The van der Waals surface area contributed by atoms with E-state index in [-0.39, 0.29) is 12.5 Å². The third-order valence-electron chi connectivity index (χ3n) is 4.05. The zero-order chi connectivity index (χ0) is 13.2. The zero-order valence-electron chi connectivity index (χ0n) is 11.0. The first kappa shape index (κ1) is 12.5. The number of aliphatic hydroxyl groups is 1. The van der Waals surface area contributed by atoms with Crippen molar-refractivity contribution in [2.24, 2.45) is 5.92 Å². The summed E-state index contributed by atoms with van der Waals surface area (Å²) in [6.07, 6.45) is 2.69. The van der Waals surface area contributed by atoms with Crippen molar-refractivity contribution in [3.63, 3.8) is 0 Å². The molecule has 102 valence electrons. The fourth-order valence-corrected chi connectivity index (χ4v) is 2.94. The summed E-state index contributed by atoms with van der Waals surface area (Å²) in [4.78, 5) is 14.3. The van der Waals surface area contributed by atoms with E-state index in [4.69, 9.17) is 9.84 Å². The minimum atomic E-state index is 0.107. The van der Waals surface area contributed by atoms with Crippen molar-refractivity contribution in [3.05, 3.63) is 29.3 Å². The molecule has 1 unspecified atom stereocenters. The molecule has 0 spiro atoms. The van der Waals surface area contributed by atoms with E-state index in [1.165, 1.54) is 0 Å². The molecule has 1 aromatic rings. The van der Waals surface area contributed by atoms with Crippen LogP contribution in [0.3, 0.4) is 0 Å². The van der Waals surface area contributed by atoms with Gasteiger partial charge in [0.2, 0.25) is 0 Å². The lowest BCUT2D eigenvalue weighted by atomic mass is 10.1. The van der Waals surface area contributed by atoms with Crippen molar-refractivity contribution >= 4 is 5.91 Å². The van der Waals surface area contributed by atoms with Gasteiger partial charge in [0.05, 0.1) is 6.61 Å². The minimum Gasteiger partial charge on any atom is -0.493 e. The van der Waals surface area contributed by atoms with E-state index in [0.717, 1.165) is 55.8 Å². The molecule has 1 saturated heterocycles. The molecule has 1 amide bonds. The first-order chi connectivity index (χ1) is 9.28. The summed E-state index contributed by atoms with van der Waals surface area (Å²) in [5.74, 6) is 1.47. The summed E-state index contributed by atoms with van der Waals surface area (Å²) in [6.45, 7) is 2.50. The molecular formula is C15H19NO3. The van der Waals surface area contributed by atoms with Gasteiger partial charge in [0.1, 0.15) is 5.75 Å². The summed E-state index contributed by atoms with van der Waals surface area (Å²) < 4.78 is 5.45. The van der Waals surface area contributed by atoms with Crippen molar-refractivity contribution in [3.8, 4) is 5.75 Å². The number of carbonyl (C=O) groups is 1. The van der Waals surface area contributed by atoms with Crippen LogP contribution in [0, 0.1) is 5.92 Å². The van der Waals surface area contributed by atoms with E-state index in [0.29, 0.717) is 5.92 Å². The number of hydrogen-bond donors (Lipinski definition) is 1. The molecule has 0 aliphatic carbocycles. The van der Waals surface area contributed by atoms with Crippen molar-refractivity contribution in [1.29, 1.82) is 0 Å². The average molecular weight is 261 g/mol. The lowest BCUT2D eigenvalue weighted by Gasteiger charge is -2.16. The molecule has 2 aliphatic heterocycles. The van der Waals surface area contributed by atoms with Crippen LogP contribution in [0.5, 0.6) is 5.75 Å².